The van der Waals surface area contributed by atoms with Crippen LogP contribution in [0.4, 0.5) is 0 Å². The number of hydrogen-bond donors (Lipinski definition) is 0. The van der Waals surface area contributed by atoms with Gasteiger partial charge in [0, 0.05) is 65.4 Å². The van der Waals surface area contributed by atoms with Crippen molar-refractivity contribution in [3.8, 4) is 0 Å². The largest absolute Gasteiger partial charge is 0 e. The van der Waals surface area contributed by atoms with Crippen LogP contribution < -0.4 is 0 Å². The molecule has 4 rings (SSSR count). The van der Waals surface area contributed by atoms with Gasteiger partial charge in [-0.2, -0.15) is 0 Å². The molecule has 0 N–H and O–H groups in total. The second-order valence-electron chi connectivity index (χ2n) is 17.4. The zero-order chi connectivity index (χ0) is 31.6. The maximum absolute atomic E-state index is 2.36. The van der Waals surface area contributed by atoms with Crippen molar-refractivity contribution in [2.24, 2.45) is 45.3 Å². The molecule has 0 unspecified atom stereocenters. The summed E-state index contributed by atoms with van der Waals surface area (Å²) in [7, 11) is 0. The van der Waals surface area contributed by atoms with E-state index in [4.69, 9.17) is 0 Å². The second kappa shape index (κ2) is 27.6. The molecule has 0 nitrogen and oxygen atoms in total. The van der Waals surface area contributed by atoms with E-state index in [2.05, 4.69) is 83.1 Å². The Bertz CT molecular complexity index is 450. The first-order valence-corrected chi connectivity index (χ1v) is 21.9. The molecule has 4 aliphatic rings. The average molecular weight is 968 g/mol. The van der Waals surface area contributed by atoms with Crippen LogP contribution in [-0.4, -0.2) is 44.6 Å². The van der Waals surface area contributed by atoms with Crippen LogP contribution in [0.25, 0.3) is 0 Å². The van der Waals surface area contributed by atoms with Crippen LogP contribution in [-0.2, 0) is 65.4 Å². The molecule has 0 atom stereocenters. The van der Waals surface area contributed by atoms with Crippen molar-refractivity contribution in [1.29, 1.82) is 0 Å². The molecule has 0 aliphatic heterocycles. The predicted molar refractivity (Wildman–Crippen MR) is 189 cm³/mol. The Morgan fingerprint density at radius 1 is 0.286 bits per heavy atom. The van der Waals surface area contributed by atoms with Crippen molar-refractivity contribution in [2.45, 2.75) is 196 Å². The molecule has 4 saturated carbocycles. The first kappa shape index (κ1) is 52.6. The van der Waals surface area contributed by atoms with E-state index in [1.54, 1.807) is 0 Å². The van der Waals surface area contributed by atoms with Gasteiger partial charge in [-0.05, 0) is 96.7 Å². The molecule has 0 saturated heterocycles. The Labute approximate surface area is 346 Å². The van der Waals surface area contributed by atoms with Gasteiger partial charge in [-0.25, -0.2) is 0 Å². The van der Waals surface area contributed by atoms with Crippen LogP contribution in [0.2, 0.25) is 9.94 Å². The Balaban J connectivity index is -0.000000217. The molecule has 4 fully saturated rings. The molecule has 4 aliphatic carbocycles. The third-order valence-electron chi connectivity index (χ3n) is 10.3. The molecule has 0 spiro atoms. The third kappa shape index (κ3) is 25.8. The van der Waals surface area contributed by atoms with Crippen molar-refractivity contribution in [3.63, 3.8) is 0 Å². The number of rotatable bonds is 0. The fourth-order valence-electron chi connectivity index (χ4n) is 7.17. The summed E-state index contributed by atoms with van der Waals surface area (Å²) in [5.74, 6) is 4.05. The van der Waals surface area contributed by atoms with E-state index in [1.807, 2.05) is 54.5 Å². The summed E-state index contributed by atoms with van der Waals surface area (Å²) in [6.45, 7) is 28.4. The van der Waals surface area contributed by atoms with Gasteiger partial charge in [0.1, 0.15) is 0 Å². The van der Waals surface area contributed by atoms with Crippen molar-refractivity contribution >= 4 is 44.6 Å². The Hall–Kier alpha value is 3.79. The van der Waals surface area contributed by atoms with Crippen LogP contribution in [0, 0.1) is 45.3 Å². The SMILES string of the molecule is CC(C)(C)C1CCCC1.CC(C)(C)C1CCCC1.CC(C)(C)C1CCCC1.CC(C)(C)C1CCCC1.C[Te].C[Te].[Y].[Y]. The molecule has 0 aromatic carbocycles. The standard InChI is InChI=1S/4C9H18.2CH3Te.2Y/c4*1-9(2,3)8-6-4-5-7-8;2*1-2;;/h4*8H,4-7H2,1-3H3;2*1H3;;. The summed E-state index contributed by atoms with van der Waals surface area (Å²) in [5, 5.41) is 0. The van der Waals surface area contributed by atoms with Gasteiger partial charge in [0.15, 0.2) is 0 Å². The van der Waals surface area contributed by atoms with Gasteiger partial charge in [-0.3, -0.25) is 0 Å². The summed E-state index contributed by atoms with van der Waals surface area (Å²) < 4.78 is 0. The molecule has 0 aromatic heterocycles. The Morgan fingerprint density at radius 2 is 0.381 bits per heavy atom. The second-order valence-corrected chi connectivity index (χ2v) is 17.4. The summed E-state index contributed by atoms with van der Waals surface area (Å²) in [6, 6.07) is 0. The quantitative estimate of drug-likeness (QED) is 0.212. The molecule has 0 heterocycles. The summed E-state index contributed by atoms with van der Waals surface area (Å²) >= 11 is 3.90. The Kier molecular flexibility index (Phi) is 34.6. The minimum atomic E-state index is 0. The molecule has 42 heavy (non-hydrogen) atoms. The molecule has 0 bridgehead atoms. The fraction of sp³-hybridized carbons (Fsp3) is 1.00. The zero-order valence-electron chi connectivity index (χ0n) is 31.6. The normalized spacial score (nSPS) is 20.0. The van der Waals surface area contributed by atoms with Gasteiger partial charge >= 0.3 is 54.5 Å². The third-order valence-corrected chi connectivity index (χ3v) is 10.3. The minimum absolute atomic E-state index is 0. The minimum Gasteiger partial charge on any atom is 0 e. The maximum atomic E-state index is 2.36. The maximum Gasteiger partial charge on any atom is 0 e. The fourth-order valence-corrected chi connectivity index (χ4v) is 7.17. The van der Waals surface area contributed by atoms with E-state index in [-0.39, 0.29) is 65.4 Å². The van der Waals surface area contributed by atoms with E-state index in [9.17, 15) is 0 Å². The van der Waals surface area contributed by atoms with Crippen molar-refractivity contribution < 1.29 is 65.4 Å². The molecular weight excluding hydrogens is 889 g/mol. The van der Waals surface area contributed by atoms with Gasteiger partial charge < -0.3 is 0 Å². The number of hydrogen-bond acceptors (Lipinski definition) is 0. The van der Waals surface area contributed by atoms with Crippen LogP contribution >= 0.6 is 0 Å². The van der Waals surface area contributed by atoms with E-state index in [0.29, 0.717) is 21.7 Å². The van der Waals surface area contributed by atoms with Crippen molar-refractivity contribution in [2.75, 3.05) is 0 Å². The van der Waals surface area contributed by atoms with Crippen molar-refractivity contribution in [1.82, 2.24) is 0 Å². The van der Waals surface area contributed by atoms with Crippen LogP contribution in [0.15, 0.2) is 0 Å². The van der Waals surface area contributed by atoms with E-state index < -0.39 is 0 Å². The first-order valence-electron chi connectivity index (χ1n) is 17.2. The molecule has 0 amide bonds. The van der Waals surface area contributed by atoms with Crippen LogP contribution in [0.1, 0.15) is 186 Å². The topological polar surface area (TPSA) is 0 Å². The smallest absolute Gasteiger partial charge is 0 e. The van der Waals surface area contributed by atoms with Gasteiger partial charge in [-0.15, -0.1) is 0 Å². The zero-order valence-corrected chi connectivity index (χ0v) is 41.9. The molecular formula is C38H78Te2Y2. The van der Waals surface area contributed by atoms with E-state index in [1.165, 1.54) is 103 Å². The first-order chi connectivity index (χ1) is 18.4. The van der Waals surface area contributed by atoms with Crippen LogP contribution in [0.5, 0.6) is 0 Å². The van der Waals surface area contributed by atoms with E-state index >= 15 is 0 Å². The summed E-state index contributed by atoms with van der Waals surface area (Å²) in [5.41, 5.74) is 2.32. The average Bonchev–Trinajstić information content (AvgIpc) is 3.70. The Morgan fingerprint density at radius 3 is 0.429 bits per heavy atom. The van der Waals surface area contributed by atoms with Crippen molar-refractivity contribution in [3.05, 3.63) is 0 Å². The predicted octanol–water partition coefficient (Wildman–Crippen LogP) is 13.3. The molecule has 4 radical (unpaired) electrons. The van der Waals surface area contributed by atoms with Gasteiger partial charge in [-0.1, -0.05) is 134 Å². The summed E-state index contributed by atoms with van der Waals surface area (Å²) in [6.07, 6.45) is 23.6. The van der Waals surface area contributed by atoms with Crippen LogP contribution in [0.3, 0.4) is 0 Å². The molecule has 248 valence electrons. The molecule has 0 aromatic rings. The summed E-state index contributed by atoms with van der Waals surface area (Å²) in [4.78, 5) is 4.02. The van der Waals surface area contributed by atoms with Gasteiger partial charge in [0.25, 0.3) is 0 Å². The van der Waals surface area contributed by atoms with Gasteiger partial charge in [0.05, 0.1) is 0 Å². The van der Waals surface area contributed by atoms with E-state index in [0.717, 1.165) is 23.7 Å². The van der Waals surface area contributed by atoms with Gasteiger partial charge in [0.2, 0.25) is 0 Å². The molecule has 4 heteroatoms. The monoisotopic (exact) mass is 972 g/mol.